The average Bonchev–Trinajstić information content (AvgIpc) is 3.61. The third-order valence-electron chi connectivity index (χ3n) is 6.29. The maximum atomic E-state index is 13.5. The van der Waals surface area contributed by atoms with Gasteiger partial charge in [-0.2, -0.15) is 0 Å². The molecule has 1 fully saturated rings. The van der Waals surface area contributed by atoms with Crippen LogP contribution in [0.1, 0.15) is 18.3 Å². The van der Waals surface area contributed by atoms with Gasteiger partial charge in [-0.3, -0.25) is 9.36 Å². The number of ether oxygens (including phenoxy) is 1. The standard InChI is InChI=1S/C23H27N7O2S/c1-4-28-9-7-25-20(28)11-15-12-30(23-26-8-10-33-23)22-16(21(15)31)5-6-19(27-22)29-13-17(24-2)18(14-29)32-3/h5-10,12,17-18,24H,4,11,13-14H2,1-3H3. The van der Waals surface area contributed by atoms with Crippen molar-refractivity contribution < 1.29 is 4.74 Å². The molecular formula is C23H27N7O2S. The molecule has 2 unspecified atom stereocenters. The van der Waals surface area contributed by atoms with Crippen molar-refractivity contribution in [3.05, 3.63) is 63.9 Å². The van der Waals surface area contributed by atoms with Crippen LogP contribution >= 0.6 is 11.3 Å². The molecule has 2 atom stereocenters. The van der Waals surface area contributed by atoms with Crippen molar-refractivity contribution >= 4 is 28.2 Å². The molecule has 0 aliphatic carbocycles. The Hall–Kier alpha value is -3.08. The lowest BCUT2D eigenvalue weighted by atomic mass is 10.1. The van der Waals surface area contributed by atoms with Gasteiger partial charge in [0.1, 0.15) is 11.6 Å². The summed E-state index contributed by atoms with van der Waals surface area (Å²) < 4.78 is 9.62. The van der Waals surface area contributed by atoms with E-state index in [9.17, 15) is 4.79 Å². The predicted molar refractivity (Wildman–Crippen MR) is 130 cm³/mol. The fourth-order valence-corrected chi connectivity index (χ4v) is 5.09. The van der Waals surface area contributed by atoms with Crippen molar-refractivity contribution in [2.75, 3.05) is 32.1 Å². The average molecular weight is 466 g/mol. The summed E-state index contributed by atoms with van der Waals surface area (Å²) in [5, 5.41) is 6.59. The second-order valence-electron chi connectivity index (χ2n) is 8.09. The highest BCUT2D eigenvalue weighted by Gasteiger charge is 2.32. The molecule has 1 saturated heterocycles. The minimum absolute atomic E-state index is 0.0215. The van der Waals surface area contributed by atoms with Crippen molar-refractivity contribution in [1.29, 1.82) is 0 Å². The highest BCUT2D eigenvalue weighted by Crippen LogP contribution is 2.25. The number of anilines is 1. The molecule has 0 aromatic carbocycles. The Kier molecular flexibility index (Phi) is 5.96. The van der Waals surface area contributed by atoms with Gasteiger partial charge in [-0.25, -0.2) is 15.0 Å². The molecule has 9 nitrogen and oxygen atoms in total. The molecule has 0 spiro atoms. The summed E-state index contributed by atoms with van der Waals surface area (Å²) in [6, 6.07) is 4.03. The van der Waals surface area contributed by atoms with Crippen molar-refractivity contribution in [3.63, 3.8) is 0 Å². The molecule has 33 heavy (non-hydrogen) atoms. The number of imidazole rings is 1. The Morgan fingerprint density at radius 3 is 2.82 bits per heavy atom. The maximum absolute atomic E-state index is 13.5. The largest absolute Gasteiger partial charge is 0.378 e. The van der Waals surface area contributed by atoms with Gasteiger partial charge in [0.05, 0.1) is 17.5 Å². The minimum Gasteiger partial charge on any atom is -0.378 e. The summed E-state index contributed by atoms with van der Waals surface area (Å²) in [6.07, 6.45) is 7.87. The molecule has 0 amide bonds. The molecule has 0 bridgehead atoms. The Morgan fingerprint density at radius 1 is 1.24 bits per heavy atom. The lowest BCUT2D eigenvalue weighted by Crippen LogP contribution is -2.37. The molecule has 4 aromatic heterocycles. The molecule has 10 heteroatoms. The van der Waals surface area contributed by atoms with Crippen LogP contribution in [0, 0.1) is 0 Å². The zero-order valence-corrected chi connectivity index (χ0v) is 19.7. The quantitative estimate of drug-likeness (QED) is 0.447. The van der Waals surface area contributed by atoms with Crippen LogP contribution in [0.25, 0.3) is 16.2 Å². The van der Waals surface area contributed by atoms with E-state index in [-0.39, 0.29) is 17.6 Å². The number of hydrogen-bond donors (Lipinski definition) is 1. The van der Waals surface area contributed by atoms with Gasteiger partial charge >= 0.3 is 0 Å². The smallest absolute Gasteiger partial charge is 0.195 e. The highest BCUT2D eigenvalue weighted by atomic mass is 32.1. The van der Waals surface area contributed by atoms with Crippen molar-refractivity contribution in [2.45, 2.75) is 32.0 Å². The molecule has 5 rings (SSSR count). The SMILES string of the molecule is CCn1ccnc1Cc1cn(-c2nccs2)c2nc(N3CC(NC)C(OC)C3)ccc2c1=O. The van der Waals surface area contributed by atoms with E-state index < -0.39 is 0 Å². The van der Waals surface area contributed by atoms with E-state index in [4.69, 9.17) is 9.72 Å². The number of fused-ring (bicyclic) bond motifs is 1. The van der Waals surface area contributed by atoms with Crippen LogP contribution in [-0.4, -0.2) is 63.5 Å². The molecule has 1 N–H and O–H groups in total. The molecule has 0 radical (unpaired) electrons. The van der Waals surface area contributed by atoms with Crippen molar-refractivity contribution in [3.8, 4) is 5.13 Å². The number of aromatic nitrogens is 5. The zero-order chi connectivity index (χ0) is 22.9. The van der Waals surface area contributed by atoms with Gasteiger partial charge < -0.3 is 19.5 Å². The second kappa shape index (κ2) is 9.05. The number of rotatable bonds is 7. The maximum Gasteiger partial charge on any atom is 0.195 e. The van der Waals surface area contributed by atoms with E-state index in [1.54, 1.807) is 19.5 Å². The van der Waals surface area contributed by atoms with Crippen LogP contribution in [0.2, 0.25) is 0 Å². The Labute approximate surface area is 195 Å². The Morgan fingerprint density at radius 2 is 2.12 bits per heavy atom. The molecular weight excluding hydrogens is 438 g/mol. The van der Waals surface area contributed by atoms with Gasteiger partial charge in [-0.1, -0.05) is 0 Å². The first kappa shape index (κ1) is 21.7. The van der Waals surface area contributed by atoms with E-state index in [0.717, 1.165) is 36.4 Å². The minimum atomic E-state index is -0.0215. The van der Waals surface area contributed by atoms with E-state index in [1.807, 2.05) is 41.5 Å². The first-order chi connectivity index (χ1) is 16.1. The number of aryl methyl sites for hydroxylation is 1. The number of hydrogen-bond acceptors (Lipinski definition) is 8. The number of likely N-dealkylation sites (N-methyl/N-ethyl adjacent to an activating group) is 1. The molecule has 4 aromatic rings. The van der Waals surface area contributed by atoms with Gasteiger partial charge in [0.15, 0.2) is 16.2 Å². The first-order valence-electron chi connectivity index (χ1n) is 11.0. The fourth-order valence-electron chi connectivity index (χ4n) is 4.47. The molecule has 172 valence electrons. The highest BCUT2D eigenvalue weighted by molar-refractivity contribution is 7.12. The number of thiazole rings is 1. The third-order valence-corrected chi connectivity index (χ3v) is 7.06. The zero-order valence-electron chi connectivity index (χ0n) is 18.9. The number of pyridine rings is 2. The summed E-state index contributed by atoms with van der Waals surface area (Å²) in [5.74, 6) is 1.69. The molecule has 1 aliphatic rings. The van der Waals surface area contributed by atoms with E-state index in [0.29, 0.717) is 23.0 Å². The van der Waals surface area contributed by atoms with E-state index in [1.165, 1.54) is 11.3 Å². The van der Waals surface area contributed by atoms with Crippen LogP contribution in [0.5, 0.6) is 0 Å². The number of nitrogens with zero attached hydrogens (tertiary/aromatic N) is 6. The monoisotopic (exact) mass is 465 g/mol. The fraction of sp³-hybridized carbons (Fsp3) is 0.391. The Balaban J connectivity index is 1.61. The topological polar surface area (TPSA) is 90.1 Å². The first-order valence-corrected chi connectivity index (χ1v) is 11.9. The second-order valence-corrected chi connectivity index (χ2v) is 8.96. The summed E-state index contributed by atoms with van der Waals surface area (Å²) >= 11 is 1.51. The summed E-state index contributed by atoms with van der Waals surface area (Å²) in [6.45, 7) is 4.39. The van der Waals surface area contributed by atoms with Gasteiger partial charge in [-0.05, 0) is 26.1 Å². The lowest BCUT2D eigenvalue weighted by Gasteiger charge is -2.19. The number of nitrogens with one attached hydrogen (secondary N) is 1. The predicted octanol–water partition coefficient (Wildman–Crippen LogP) is 2.07. The molecule has 0 saturated carbocycles. The van der Waals surface area contributed by atoms with Crippen molar-refractivity contribution in [1.82, 2.24) is 29.4 Å². The number of methoxy groups -OCH3 is 1. The van der Waals surface area contributed by atoms with Gasteiger partial charge in [-0.15, -0.1) is 11.3 Å². The Bertz CT molecular complexity index is 1300. The van der Waals surface area contributed by atoms with Gasteiger partial charge in [0.25, 0.3) is 0 Å². The summed E-state index contributed by atoms with van der Waals surface area (Å²) in [7, 11) is 3.68. The van der Waals surface area contributed by atoms with Crippen LogP contribution in [-0.2, 0) is 17.7 Å². The van der Waals surface area contributed by atoms with Gasteiger partial charge in [0.2, 0.25) is 0 Å². The third kappa shape index (κ3) is 3.94. The van der Waals surface area contributed by atoms with Crippen LogP contribution in [0.3, 0.4) is 0 Å². The molecule has 1 aliphatic heterocycles. The summed E-state index contributed by atoms with van der Waals surface area (Å²) in [5.41, 5.74) is 1.26. The van der Waals surface area contributed by atoms with Crippen LogP contribution in [0.15, 0.2) is 47.1 Å². The van der Waals surface area contributed by atoms with Crippen LogP contribution in [0.4, 0.5) is 5.82 Å². The summed E-state index contributed by atoms with van der Waals surface area (Å²) in [4.78, 5) is 29.5. The van der Waals surface area contributed by atoms with Crippen LogP contribution < -0.4 is 15.6 Å². The van der Waals surface area contributed by atoms with E-state index >= 15 is 0 Å². The molecule has 5 heterocycles. The normalized spacial score (nSPS) is 18.5. The lowest BCUT2D eigenvalue weighted by molar-refractivity contribution is 0.0996. The van der Waals surface area contributed by atoms with E-state index in [2.05, 4.69) is 31.7 Å². The van der Waals surface area contributed by atoms with Crippen molar-refractivity contribution in [2.24, 2.45) is 0 Å². The van der Waals surface area contributed by atoms with Gasteiger partial charge in [0, 0.05) is 68.9 Å².